The Labute approximate surface area is 97.4 Å². The Bertz CT molecular complexity index is 248. The molecule has 0 spiro atoms. The molecule has 0 aromatic carbocycles. The molecule has 0 N–H and O–H groups in total. The minimum absolute atomic E-state index is 0.337. The Hall–Kier alpha value is 0.0200. The van der Waals surface area contributed by atoms with Gasteiger partial charge >= 0.3 is 0 Å². The van der Waals surface area contributed by atoms with E-state index < -0.39 is 0 Å². The zero-order chi connectivity index (χ0) is 11.1. The fraction of sp³-hybridized carbons (Fsp3) is 0.923. The van der Waals surface area contributed by atoms with Crippen LogP contribution in [0.3, 0.4) is 0 Å². The third-order valence-corrected chi connectivity index (χ3v) is 4.94. The number of Topliss-reactive ketones (excluding diaryl/α,β-unsaturated/α-hetero) is 1. The van der Waals surface area contributed by atoms with E-state index in [1.807, 2.05) is 11.8 Å². The lowest BCUT2D eigenvalue weighted by atomic mass is 9.85. The first-order valence-corrected chi connectivity index (χ1v) is 7.27. The first kappa shape index (κ1) is 11.5. The molecule has 1 saturated carbocycles. The third-order valence-electron chi connectivity index (χ3n) is 3.89. The molecular formula is C13H22OS. The van der Waals surface area contributed by atoms with Crippen LogP contribution in [0.2, 0.25) is 0 Å². The summed E-state index contributed by atoms with van der Waals surface area (Å²) in [5.41, 5.74) is 0.337. The molecule has 86 valence electrons. The quantitative estimate of drug-likeness (QED) is 0.718. The SMILES string of the molecule is CC(C)(C)C1CC1C(=O)C1CCSCC1. The van der Waals surface area contributed by atoms with Crippen molar-refractivity contribution in [3.63, 3.8) is 0 Å². The van der Waals surface area contributed by atoms with Crippen LogP contribution >= 0.6 is 11.8 Å². The molecule has 2 atom stereocenters. The van der Waals surface area contributed by atoms with E-state index in [4.69, 9.17) is 0 Å². The minimum Gasteiger partial charge on any atom is -0.299 e. The summed E-state index contributed by atoms with van der Waals surface area (Å²) in [6.45, 7) is 6.80. The van der Waals surface area contributed by atoms with E-state index in [1.165, 1.54) is 11.5 Å². The van der Waals surface area contributed by atoms with E-state index in [9.17, 15) is 4.79 Å². The largest absolute Gasteiger partial charge is 0.299 e. The Morgan fingerprint density at radius 1 is 1.20 bits per heavy atom. The summed E-state index contributed by atoms with van der Waals surface area (Å²) in [6, 6.07) is 0. The molecule has 1 aliphatic heterocycles. The monoisotopic (exact) mass is 226 g/mol. The first-order chi connectivity index (χ1) is 7.00. The number of thioether (sulfide) groups is 1. The molecule has 2 fully saturated rings. The molecule has 2 unspecified atom stereocenters. The van der Waals surface area contributed by atoms with Gasteiger partial charge in [0.05, 0.1) is 0 Å². The summed E-state index contributed by atoms with van der Waals surface area (Å²) in [7, 11) is 0. The Balaban J connectivity index is 1.88. The van der Waals surface area contributed by atoms with Crippen molar-refractivity contribution in [2.45, 2.75) is 40.0 Å². The van der Waals surface area contributed by atoms with Crippen molar-refractivity contribution >= 4 is 17.5 Å². The zero-order valence-corrected chi connectivity index (χ0v) is 10.9. The molecule has 0 radical (unpaired) electrons. The molecule has 0 aromatic rings. The normalized spacial score (nSPS) is 32.7. The van der Waals surface area contributed by atoms with Gasteiger partial charge in [-0.15, -0.1) is 0 Å². The van der Waals surface area contributed by atoms with Crippen molar-refractivity contribution in [1.29, 1.82) is 0 Å². The molecule has 0 aromatic heterocycles. The highest BCUT2D eigenvalue weighted by Crippen LogP contribution is 2.52. The van der Waals surface area contributed by atoms with Crippen molar-refractivity contribution in [3.8, 4) is 0 Å². The molecular weight excluding hydrogens is 204 g/mol. The van der Waals surface area contributed by atoms with Crippen molar-refractivity contribution in [2.75, 3.05) is 11.5 Å². The third kappa shape index (κ3) is 2.58. The number of hydrogen-bond donors (Lipinski definition) is 0. The van der Waals surface area contributed by atoms with E-state index in [-0.39, 0.29) is 0 Å². The van der Waals surface area contributed by atoms with E-state index in [0.717, 1.165) is 19.3 Å². The second-order valence-corrected chi connectivity index (χ2v) is 7.33. The first-order valence-electron chi connectivity index (χ1n) is 6.11. The summed E-state index contributed by atoms with van der Waals surface area (Å²) >= 11 is 2.00. The summed E-state index contributed by atoms with van der Waals surface area (Å²) in [6.07, 6.45) is 3.43. The summed E-state index contributed by atoms with van der Waals surface area (Å²) < 4.78 is 0. The predicted octanol–water partition coefficient (Wildman–Crippen LogP) is 3.38. The Morgan fingerprint density at radius 3 is 2.27 bits per heavy atom. The predicted molar refractivity (Wildman–Crippen MR) is 66.1 cm³/mol. The van der Waals surface area contributed by atoms with Gasteiger partial charge in [-0.2, -0.15) is 11.8 Å². The molecule has 1 heterocycles. The smallest absolute Gasteiger partial charge is 0.139 e. The second kappa shape index (κ2) is 4.12. The fourth-order valence-electron chi connectivity index (χ4n) is 2.75. The zero-order valence-electron chi connectivity index (χ0n) is 10.1. The maximum Gasteiger partial charge on any atom is 0.139 e. The Morgan fingerprint density at radius 2 is 1.80 bits per heavy atom. The van der Waals surface area contributed by atoms with Crippen molar-refractivity contribution < 1.29 is 4.79 Å². The maximum atomic E-state index is 12.2. The van der Waals surface area contributed by atoms with E-state index >= 15 is 0 Å². The molecule has 0 bridgehead atoms. The van der Waals surface area contributed by atoms with E-state index in [0.29, 0.717) is 29.0 Å². The molecule has 2 heteroatoms. The van der Waals surface area contributed by atoms with Crippen molar-refractivity contribution in [3.05, 3.63) is 0 Å². The lowest BCUT2D eigenvalue weighted by Crippen LogP contribution is -2.23. The topological polar surface area (TPSA) is 17.1 Å². The molecule has 2 rings (SSSR count). The molecule has 0 amide bonds. The van der Waals surface area contributed by atoms with Crippen LogP contribution in [0.5, 0.6) is 0 Å². The summed E-state index contributed by atoms with van der Waals surface area (Å²) in [5.74, 6) is 4.48. The molecule has 1 nitrogen and oxygen atoms in total. The number of carbonyl (C=O) groups excluding carboxylic acids is 1. The second-order valence-electron chi connectivity index (χ2n) is 6.10. The van der Waals surface area contributed by atoms with Crippen LogP contribution in [0.4, 0.5) is 0 Å². The van der Waals surface area contributed by atoms with Gasteiger partial charge in [-0.25, -0.2) is 0 Å². The van der Waals surface area contributed by atoms with Gasteiger partial charge in [0.2, 0.25) is 0 Å². The van der Waals surface area contributed by atoms with Crippen LogP contribution in [0.25, 0.3) is 0 Å². The van der Waals surface area contributed by atoms with Gasteiger partial charge in [-0.3, -0.25) is 4.79 Å². The van der Waals surface area contributed by atoms with Crippen molar-refractivity contribution in [1.82, 2.24) is 0 Å². The number of ketones is 1. The lowest BCUT2D eigenvalue weighted by Gasteiger charge is -2.22. The van der Waals surface area contributed by atoms with Gasteiger partial charge in [0.1, 0.15) is 5.78 Å². The van der Waals surface area contributed by atoms with Gasteiger partial charge in [-0.05, 0) is 42.1 Å². The average Bonchev–Trinajstić information content (AvgIpc) is 2.97. The number of hydrogen-bond acceptors (Lipinski definition) is 2. The van der Waals surface area contributed by atoms with Crippen LogP contribution in [0, 0.1) is 23.2 Å². The minimum atomic E-state index is 0.337. The summed E-state index contributed by atoms with van der Waals surface area (Å²) in [5, 5.41) is 0. The average molecular weight is 226 g/mol. The van der Waals surface area contributed by atoms with Gasteiger partial charge in [0.25, 0.3) is 0 Å². The van der Waals surface area contributed by atoms with Gasteiger partial charge in [0.15, 0.2) is 0 Å². The number of rotatable bonds is 2. The van der Waals surface area contributed by atoms with Gasteiger partial charge < -0.3 is 0 Å². The van der Waals surface area contributed by atoms with Crippen LogP contribution in [-0.2, 0) is 4.79 Å². The standard InChI is InChI=1S/C13H22OS/c1-13(2,3)11-8-10(11)12(14)9-4-6-15-7-5-9/h9-11H,4-8H2,1-3H3. The molecule has 2 aliphatic rings. The lowest BCUT2D eigenvalue weighted by molar-refractivity contribution is -0.124. The Kier molecular flexibility index (Phi) is 3.16. The maximum absolute atomic E-state index is 12.2. The molecule has 1 aliphatic carbocycles. The highest BCUT2D eigenvalue weighted by Gasteiger charge is 2.50. The number of carbonyl (C=O) groups is 1. The van der Waals surface area contributed by atoms with E-state index in [2.05, 4.69) is 20.8 Å². The van der Waals surface area contributed by atoms with Gasteiger partial charge in [0, 0.05) is 11.8 Å². The molecule has 1 saturated heterocycles. The van der Waals surface area contributed by atoms with Crippen LogP contribution in [0.1, 0.15) is 40.0 Å². The van der Waals surface area contributed by atoms with Crippen LogP contribution < -0.4 is 0 Å². The fourth-order valence-corrected chi connectivity index (χ4v) is 3.86. The van der Waals surface area contributed by atoms with Crippen LogP contribution in [0.15, 0.2) is 0 Å². The highest BCUT2D eigenvalue weighted by molar-refractivity contribution is 7.99. The van der Waals surface area contributed by atoms with Crippen molar-refractivity contribution in [2.24, 2.45) is 23.2 Å². The van der Waals surface area contributed by atoms with E-state index in [1.54, 1.807) is 0 Å². The highest BCUT2D eigenvalue weighted by atomic mass is 32.2. The van der Waals surface area contributed by atoms with Crippen LogP contribution in [-0.4, -0.2) is 17.3 Å². The van der Waals surface area contributed by atoms with Gasteiger partial charge in [-0.1, -0.05) is 20.8 Å². The summed E-state index contributed by atoms with van der Waals surface area (Å²) in [4.78, 5) is 12.2. The molecule has 15 heavy (non-hydrogen) atoms.